The summed E-state index contributed by atoms with van der Waals surface area (Å²) in [5.41, 5.74) is 0.0292. The molecule has 0 aliphatic rings. The Morgan fingerprint density at radius 2 is 1.09 bits per heavy atom. The maximum absolute atomic E-state index is 10.1. The van der Waals surface area contributed by atoms with Crippen molar-refractivity contribution in [2.45, 2.75) is 13.0 Å². The normalized spacial score (nSPS) is 10.9. The number of hydrogen-bond acceptors (Lipinski definition) is 9. The number of aliphatic hydroxyl groups is 8. The fourth-order valence-corrected chi connectivity index (χ4v) is 0.413. The lowest BCUT2D eigenvalue weighted by Gasteiger charge is -1.99. The van der Waals surface area contributed by atoms with Crippen molar-refractivity contribution in [1.82, 2.24) is 0 Å². The SMILES string of the molecule is CC(=CC(O)CO)C(=O)O.OCCO.OCCO.OCCO. The van der Waals surface area contributed by atoms with Crippen LogP contribution in [0.1, 0.15) is 6.92 Å². The van der Waals surface area contributed by atoms with Gasteiger partial charge in [0.25, 0.3) is 0 Å². The summed E-state index contributed by atoms with van der Waals surface area (Å²) < 4.78 is 0. The monoisotopic (exact) mass is 332 g/mol. The summed E-state index contributed by atoms with van der Waals surface area (Å²) in [5.74, 6) is -1.09. The smallest absolute Gasteiger partial charge is 0.331 e. The van der Waals surface area contributed by atoms with Gasteiger partial charge in [-0.1, -0.05) is 0 Å². The van der Waals surface area contributed by atoms with Gasteiger partial charge in [0.15, 0.2) is 0 Å². The Labute approximate surface area is 128 Å². The third kappa shape index (κ3) is 42.8. The first-order chi connectivity index (χ1) is 10.3. The molecule has 0 saturated heterocycles. The van der Waals surface area contributed by atoms with Gasteiger partial charge < -0.3 is 46.0 Å². The van der Waals surface area contributed by atoms with Crippen molar-refractivity contribution in [3.05, 3.63) is 11.6 Å². The van der Waals surface area contributed by atoms with Crippen LogP contribution in [0.4, 0.5) is 0 Å². The van der Waals surface area contributed by atoms with Gasteiger partial charge in [0.2, 0.25) is 0 Å². The average molecular weight is 332 g/mol. The first kappa shape index (κ1) is 29.0. The Hall–Kier alpha value is -1.11. The van der Waals surface area contributed by atoms with Crippen LogP contribution in [-0.2, 0) is 4.79 Å². The highest BCUT2D eigenvalue weighted by Crippen LogP contribution is 1.94. The van der Waals surface area contributed by atoms with E-state index in [9.17, 15) is 4.79 Å². The molecule has 0 aliphatic carbocycles. The van der Waals surface area contributed by atoms with E-state index < -0.39 is 18.7 Å². The molecule has 0 heterocycles. The van der Waals surface area contributed by atoms with E-state index in [0.29, 0.717) is 0 Å². The molecule has 0 bridgehead atoms. The predicted molar refractivity (Wildman–Crippen MR) is 77.0 cm³/mol. The summed E-state index contributed by atoms with van der Waals surface area (Å²) in [4.78, 5) is 10.1. The first-order valence-corrected chi connectivity index (χ1v) is 6.18. The molecule has 0 radical (unpaired) electrons. The average Bonchev–Trinajstić information content (AvgIpc) is 2.55. The quantitative estimate of drug-likeness (QED) is 0.218. The van der Waals surface area contributed by atoms with E-state index in [1.165, 1.54) is 6.92 Å². The second-order valence-electron chi connectivity index (χ2n) is 3.25. The highest BCUT2D eigenvalue weighted by Gasteiger charge is 2.02. The van der Waals surface area contributed by atoms with E-state index in [1.54, 1.807) is 0 Å². The minimum Gasteiger partial charge on any atom is -0.478 e. The highest BCUT2D eigenvalue weighted by molar-refractivity contribution is 5.85. The van der Waals surface area contributed by atoms with E-state index in [0.717, 1.165) is 6.08 Å². The van der Waals surface area contributed by atoms with Crippen LogP contribution >= 0.6 is 0 Å². The number of carboxylic acids is 1. The molecule has 1 atom stereocenters. The zero-order valence-electron chi connectivity index (χ0n) is 12.5. The van der Waals surface area contributed by atoms with E-state index in [-0.39, 0.29) is 45.2 Å². The van der Waals surface area contributed by atoms with Gasteiger partial charge in [0.05, 0.1) is 52.4 Å². The van der Waals surface area contributed by atoms with Crippen LogP contribution in [0.5, 0.6) is 0 Å². The van der Waals surface area contributed by atoms with Crippen LogP contribution in [-0.4, -0.2) is 104 Å². The minimum atomic E-state index is -1.09. The summed E-state index contributed by atoms with van der Waals surface area (Å²) in [6, 6.07) is 0. The Kier molecular flexibility index (Phi) is 37.0. The molecule has 136 valence electrons. The Bertz CT molecular complexity index is 216. The molecule has 9 N–H and O–H groups in total. The standard InChI is InChI=1S/C6H10O4.3C2H6O2/c1-4(6(9)10)2-5(8)3-7;3*3-1-2-4/h2,5,7-8H,3H2,1H3,(H,9,10);3*3-4H,1-2H2. The molecular weight excluding hydrogens is 304 g/mol. The van der Waals surface area contributed by atoms with E-state index in [4.69, 9.17) is 46.0 Å². The maximum atomic E-state index is 10.1. The lowest BCUT2D eigenvalue weighted by molar-refractivity contribution is -0.132. The van der Waals surface area contributed by atoms with Crippen LogP contribution in [0, 0.1) is 0 Å². The third-order valence-electron chi connectivity index (χ3n) is 1.27. The second kappa shape index (κ2) is 28.1. The topological polar surface area (TPSA) is 199 Å². The Morgan fingerprint density at radius 1 is 0.818 bits per heavy atom. The van der Waals surface area contributed by atoms with Gasteiger partial charge in [0, 0.05) is 5.57 Å². The molecule has 10 nitrogen and oxygen atoms in total. The van der Waals surface area contributed by atoms with E-state index >= 15 is 0 Å². The number of aliphatic carboxylic acids is 1. The van der Waals surface area contributed by atoms with Crippen molar-refractivity contribution in [1.29, 1.82) is 0 Å². The van der Waals surface area contributed by atoms with E-state index in [2.05, 4.69) is 0 Å². The van der Waals surface area contributed by atoms with Gasteiger partial charge in [-0.2, -0.15) is 0 Å². The van der Waals surface area contributed by atoms with Crippen molar-refractivity contribution >= 4 is 5.97 Å². The Balaban J connectivity index is -0.000000112. The number of carboxylic acid groups (broad SMARTS) is 1. The molecule has 0 spiro atoms. The maximum Gasteiger partial charge on any atom is 0.331 e. The molecule has 1 unspecified atom stereocenters. The predicted octanol–water partition coefficient (Wildman–Crippen LogP) is -3.72. The molecular formula is C12H28O10. The van der Waals surface area contributed by atoms with Gasteiger partial charge >= 0.3 is 5.97 Å². The fourth-order valence-electron chi connectivity index (χ4n) is 0.413. The van der Waals surface area contributed by atoms with Crippen LogP contribution in [0.2, 0.25) is 0 Å². The molecule has 0 saturated carbocycles. The van der Waals surface area contributed by atoms with Crippen LogP contribution in [0.15, 0.2) is 11.6 Å². The van der Waals surface area contributed by atoms with Crippen LogP contribution in [0.25, 0.3) is 0 Å². The minimum absolute atomic E-state index is 0.0292. The van der Waals surface area contributed by atoms with Gasteiger partial charge in [0.1, 0.15) is 0 Å². The van der Waals surface area contributed by atoms with Crippen molar-refractivity contribution in [3.8, 4) is 0 Å². The molecule has 0 fully saturated rings. The summed E-state index contributed by atoms with van der Waals surface area (Å²) in [5, 5.41) is 71.0. The number of rotatable bonds is 6. The lowest BCUT2D eigenvalue weighted by atomic mass is 10.2. The molecule has 0 aromatic heterocycles. The second-order valence-corrected chi connectivity index (χ2v) is 3.25. The molecule has 0 amide bonds. The van der Waals surface area contributed by atoms with Gasteiger partial charge in [-0.3, -0.25) is 0 Å². The third-order valence-corrected chi connectivity index (χ3v) is 1.27. The zero-order chi connectivity index (χ0) is 18.4. The van der Waals surface area contributed by atoms with Crippen molar-refractivity contribution < 1.29 is 50.8 Å². The van der Waals surface area contributed by atoms with E-state index in [1.807, 2.05) is 0 Å². The summed E-state index contributed by atoms with van der Waals surface area (Å²) >= 11 is 0. The summed E-state index contributed by atoms with van der Waals surface area (Å²) in [6.07, 6.45) is 0.0126. The van der Waals surface area contributed by atoms with Crippen LogP contribution < -0.4 is 0 Å². The number of aliphatic hydroxyl groups excluding tert-OH is 8. The molecule has 22 heavy (non-hydrogen) atoms. The number of carbonyl (C=O) groups is 1. The van der Waals surface area contributed by atoms with Gasteiger partial charge in [-0.25, -0.2) is 4.79 Å². The van der Waals surface area contributed by atoms with Crippen molar-refractivity contribution in [2.75, 3.05) is 46.2 Å². The van der Waals surface area contributed by atoms with Crippen molar-refractivity contribution in [3.63, 3.8) is 0 Å². The molecule has 0 aromatic rings. The van der Waals surface area contributed by atoms with Crippen molar-refractivity contribution in [2.24, 2.45) is 0 Å². The molecule has 0 aromatic carbocycles. The van der Waals surface area contributed by atoms with Gasteiger partial charge in [-0.05, 0) is 13.0 Å². The first-order valence-electron chi connectivity index (χ1n) is 6.18. The fraction of sp³-hybridized carbons (Fsp3) is 0.750. The summed E-state index contributed by atoms with van der Waals surface area (Å²) in [6.45, 7) is 0.145. The number of hydrogen-bond donors (Lipinski definition) is 9. The molecule has 0 aliphatic heterocycles. The molecule has 10 heteroatoms. The Morgan fingerprint density at radius 3 is 1.23 bits per heavy atom. The zero-order valence-corrected chi connectivity index (χ0v) is 12.5. The van der Waals surface area contributed by atoms with Crippen LogP contribution in [0.3, 0.4) is 0 Å². The summed E-state index contributed by atoms with van der Waals surface area (Å²) in [7, 11) is 0. The lowest BCUT2D eigenvalue weighted by Crippen LogP contribution is -2.10. The molecule has 0 rings (SSSR count). The largest absolute Gasteiger partial charge is 0.478 e. The van der Waals surface area contributed by atoms with Gasteiger partial charge in [-0.15, -0.1) is 0 Å². The highest BCUT2D eigenvalue weighted by atomic mass is 16.4.